The number of rotatable bonds is 4. The standard InChI is InChI=1S/C12H16O2/c1-4-12(2,3)10-5-7-11(8-6-10)14-9-13/h5-9H,4H2,1-3H3. The number of hydrogen-bond donors (Lipinski definition) is 0. The van der Waals surface area contributed by atoms with Crippen molar-refractivity contribution in [2.24, 2.45) is 0 Å². The smallest absolute Gasteiger partial charge is 0.298 e. The first-order chi connectivity index (χ1) is 6.60. The summed E-state index contributed by atoms with van der Waals surface area (Å²) in [5.74, 6) is 0.593. The zero-order chi connectivity index (χ0) is 10.6. The van der Waals surface area contributed by atoms with Crippen LogP contribution < -0.4 is 4.74 Å². The van der Waals surface area contributed by atoms with Gasteiger partial charge in [-0.1, -0.05) is 32.9 Å². The molecule has 0 unspecified atom stereocenters. The maximum Gasteiger partial charge on any atom is 0.298 e. The van der Waals surface area contributed by atoms with Gasteiger partial charge in [-0.05, 0) is 29.5 Å². The zero-order valence-electron chi connectivity index (χ0n) is 8.91. The number of carbonyl (C=O) groups is 1. The molecule has 0 bridgehead atoms. The molecule has 0 radical (unpaired) electrons. The van der Waals surface area contributed by atoms with Gasteiger partial charge in [-0.25, -0.2) is 0 Å². The van der Waals surface area contributed by atoms with Gasteiger partial charge in [0, 0.05) is 0 Å². The molecule has 0 atom stereocenters. The van der Waals surface area contributed by atoms with Gasteiger partial charge in [-0.2, -0.15) is 0 Å². The van der Waals surface area contributed by atoms with Crippen LogP contribution in [0, 0.1) is 0 Å². The van der Waals surface area contributed by atoms with Crippen LogP contribution in [0.5, 0.6) is 5.75 Å². The first-order valence-corrected chi connectivity index (χ1v) is 4.81. The molecule has 0 N–H and O–H groups in total. The fraction of sp³-hybridized carbons (Fsp3) is 0.417. The van der Waals surface area contributed by atoms with Crippen LogP contribution in [-0.4, -0.2) is 6.47 Å². The van der Waals surface area contributed by atoms with E-state index in [2.05, 4.69) is 20.8 Å². The van der Waals surface area contributed by atoms with E-state index in [0.717, 1.165) is 6.42 Å². The van der Waals surface area contributed by atoms with Crippen LogP contribution in [0.1, 0.15) is 32.8 Å². The zero-order valence-corrected chi connectivity index (χ0v) is 8.91. The predicted octanol–water partition coefficient (Wildman–Crippen LogP) is 2.91. The lowest BCUT2D eigenvalue weighted by Gasteiger charge is -2.23. The Hall–Kier alpha value is -1.31. The monoisotopic (exact) mass is 192 g/mol. The van der Waals surface area contributed by atoms with Crippen molar-refractivity contribution in [3.05, 3.63) is 29.8 Å². The largest absolute Gasteiger partial charge is 0.429 e. The Kier molecular flexibility index (Phi) is 3.28. The SMILES string of the molecule is CCC(C)(C)c1ccc(OC=O)cc1. The maximum atomic E-state index is 10.1. The Morgan fingerprint density at radius 1 is 1.29 bits per heavy atom. The normalized spacial score (nSPS) is 11.1. The number of hydrogen-bond acceptors (Lipinski definition) is 2. The fourth-order valence-electron chi connectivity index (χ4n) is 1.24. The van der Waals surface area contributed by atoms with E-state index in [0.29, 0.717) is 12.2 Å². The van der Waals surface area contributed by atoms with Crippen LogP contribution >= 0.6 is 0 Å². The molecule has 1 rings (SSSR count). The molecule has 1 aromatic rings. The Morgan fingerprint density at radius 2 is 1.86 bits per heavy atom. The van der Waals surface area contributed by atoms with Crippen molar-refractivity contribution in [3.8, 4) is 5.75 Å². The van der Waals surface area contributed by atoms with Crippen molar-refractivity contribution in [1.82, 2.24) is 0 Å². The molecular formula is C12H16O2. The molecule has 0 aliphatic rings. The average molecular weight is 192 g/mol. The van der Waals surface area contributed by atoms with Crippen molar-refractivity contribution in [2.45, 2.75) is 32.6 Å². The van der Waals surface area contributed by atoms with Crippen molar-refractivity contribution in [1.29, 1.82) is 0 Å². The van der Waals surface area contributed by atoms with Gasteiger partial charge in [0.15, 0.2) is 0 Å². The molecule has 14 heavy (non-hydrogen) atoms. The van der Waals surface area contributed by atoms with Crippen LogP contribution in [0.4, 0.5) is 0 Å². The minimum Gasteiger partial charge on any atom is -0.429 e. The molecular weight excluding hydrogens is 176 g/mol. The van der Waals surface area contributed by atoms with Crippen LogP contribution in [0.3, 0.4) is 0 Å². The first-order valence-electron chi connectivity index (χ1n) is 4.81. The molecule has 0 aromatic heterocycles. The van der Waals surface area contributed by atoms with E-state index in [9.17, 15) is 4.79 Å². The lowest BCUT2D eigenvalue weighted by atomic mass is 9.82. The van der Waals surface area contributed by atoms with E-state index in [1.54, 1.807) is 0 Å². The summed E-state index contributed by atoms with van der Waals surface area (Å²) in [5, 5.41) is 0. The van der Waals surface area contributed by atoms with Crippen LogP contribution in [-0.2, 0) is 10.2 Å². The molecule has 0 saturated heterocycles. The van der Waals surface area contributed by atoms with Gasteiger partial charge in [0.05, 0.1) is 0 Å². The molecule has 2 nitrogen and oxygen atoms in total. The van der Waals surface area contributed by atoms with Gasteiger partial charge >= 0.3 is 0 Å². The van der Waals surface area contributed by atoms with E-state index in [4.69, 9.17) is 4.74 Å². The van der Waals surface area contributed by atoms with Crippen molar-refractivity contribution >= 4 is 6.47 Å². The fourth-order valence-corrected chi connectivity index (χ4v) is 1.24. The van der Waals surface area contributed by atoms with Gasteiger partial charge < -0.3 is 4.74 Å². The summed E-state index contributed by atoms with van der Waals surface area (Å²) in [6.07, 6.45) is 1.08. The predicted molar refractivity (Wildman–Crippen MR) is 56.5 cm³/mol. The third-order valence-corrected chi connectivity index (χ3v) is 2.70. The molecule has 1 aromatic carbocycles. The second-order valence-corrected chi connectivity index (χ2v) is 3.98. The van der Waals surface area contributed by atoms with Crippen molar-refractivity contribution < 1.29 is 9.53 Å². The van der Waals surface area contributed by atoms with E-state index in [-0.39, 0.29) is 5.41 Å². The van der Waals surface area contributed by atoms with E-state index >= 15 is 0 Å². The summed E-state index contributed by atoms with van der Waals surface area (Å²) in [5.41, 5.74) is 1.44. The van der Waals surface area contributed by atoms with Crippen molar-refractivity contribution in [2.75, 3.05) is 0 Å². The number of ether oxygens (including phenoxy) is 1. The molecule has 0 spiro atoms. The summed E-state index contributed by atoms with van der Waals surface area (Å²) in [7, 11) is 0. The molecule has 0 saturated carbocycles. The maximum absolute atomic E-state index is 10.1. The molecule has 2 heteroatoms. The lowest BCUT2D eigenvalue weighted by Crippen LogP contribution is -2.14. The quantitative estimate of drug-likeness (QED) is 0.685. The summed E-state index contributed by atoms with van der Waals surface area (Å²) in [6.45, 7) is 7.00. The Bertz CT molecular complexity index is 299. The Labute approximate surface area is 84.9 Å². The molecule has 0 heterocycles. The van der Waals surface area contributed by atoms with E-state index in [1.807, 2.05) is 24.3 Å². The van der Waals surface area contributed by atoms with Gasteiger partial charge in [0.1, 0.15) is 5.75 Å². The third kappa shape index (κ3) is 2.34. The minimum atomic E-state index is 0.180. The third-order valence-electron chi connectivity index (χ3n) is 2.70. The van der Waals surface area contributed by atoms with Crippen LogP contribution in [0.2, 0.25) is 0 Å². The van der Waals surface area contributed by atoms with Gasteiger partial charge in [0.25, 0.3) is 6.47 Å². The highest BCUT2D eigenvalue weighted by Gasteiger charge is 2.17. The Balaban J connectivity index is 2.87. The van der Waals surface area contributed by atoms with E-state index < -0.39 is 0 Å². The highest BCUT2D eigenvalue weighted by molar-refractivity contribution is 5.45. The van der Waals surface area contributed by atoms with Crippen LogP contribution in [0.15, 0.2) is 24.3 Å². The average Bonchev–Trinajstić information content (AvgIpc) is 2.19. The molecule has 0 amide bonds. The van der Waals surface area contributed by atoms with Gasteiger partial charge in [-0.3, -0.25) is 4.79 Å². The first kappa shape index (κ1) is 10.8. The number of benzene rings is 1. The summed E-state index contributed by atoms with van der Waals surface area (Å²) >= 11 is 0. The molecule has 0 aliphatic heterocycles. The molecule has 0 aliphatic carbocycles. The summed E-state index contributed by atoms with van der Waals surface area (Å²) in [6, 6.07) is 7.65. The van der Waals surface area contributed by atoms with Crippen LogP contribution in [0.25, 0.3) is 0 Å². The second-order valence-electron chi connectivity index (χ2n) is 3.98. The minimum absolute atomic E-state index is 0.180. The highest BCUT2D eigenvalue weighted by atomic mass is 16.5. The second kappa shape index (κ2) is 4.27. The van der Waals surface area contributed by atoms with Crippen molar-refractivity contribution in [3.63, 3.8) is 0 Å². The Morgan fingerprint density at radius 3 is 2.29 bits per heavy atom. The molecule has 76 valence electrons. The van der Waals surface area contributed by atoms with Gasteiger partial charge in [-0.15, -0.1) is 0 Å². The molecule has 0 fully saturated rings. The lowest BCUT2D eigenvalue weighted by molar-refractivity contribution is -0.120. The summed E-state index contributed by atoms with van der Waals surface area (Å²) in [4.78, 5) is 10.1. The summed E-state index contributed by atoms with van der Waals surface area (Å²) < 4.78 is 4.73. The van der Waals surface area contributed by atoms with Gasteiger partial charge in [0.2, 0.25) is 0 Å². The highest BCUT2D eigenvalue weighted by Crippen LogP contribution is 2.27. The number of carbonyl (C=O) groups excluding carboxylic acids is 1. The topological polar surface area (TPSA) is 26.3 Å². The van der Waals surface area contributed by atoms with E-state index in [1.165, 1.54) is 5.56 Å².